The maximum absolute atomic E-state index is 12.7. The van der Waals surface area contributed by atoms with Crippen LogP contribution in [0.25, 0.3) is 0 Å². The third-order valence-corrected chi connectivity index (χ3v) is 6.75. The number of alkyl halides is 3. The van der Waals surface area contributed by atoms with E-state index in [1.165, 1.54) is 12.3 Å². The average molecular weight is 446 g/mol. The molecular weight excluding hydrogens is 421 g/mol. The summed E-state index contributed by atoms with van der Waals surface area (Å²) in [5.74, 6) is 1.84. The van der Waals surface area contributed by atoms with E-state index in [0.29, 0.717) is 24.8 Å². The fourth-order valence-electron chi connectivity index (χ4n) is 4.81. The number of hydrogen-bond acceptors (Lipinski definition) is 6. The molecule has 1 N–H and O–H groups in total. The molecule has 170 valence electrons. The largest absolute Gasteiger partial charge is 0.433 e. The molecule has 0 unspecified atom stereocenters. The monoisotopic (exact) mass is 446 g/mol. The van der Waals surface area contributed by atoms with Crippen LogP contribution in [0.15, 0.2) is 18.3 Å². The zero-order valence-corrected chi connectivity index (χ0v) is 18.0. The number of pyridine rings is 1. The normalized spacial score (nSPS) is 24.8. The van der Waals surface area contributed by atoms with Crippen molar-refractivity contribution in [2.45, 2.75) is 57.3 Å². The molecule has 0 aromatic carbocycles. The predicted molar refractivity (Wildman–Crippen MR) is 114 cm³/mol. The van der Waals surface area contributed by atoms with Crippen LogP contribution in [0.2, 0.25) is 0 Å². The molecule has 2 aliphatic heterocycles. The van der Waals surface area contributed by atoms with Gasteiger partial charge in [-0.1, -0.05) is 6.07 Å². The molecule has 32 heavy (non-hydrogen) atoms. The van der Waals surface area contributed by atoms with E-state index < -0.39 is 11.9 Å². The Morgan fingerprint density at radius 1 is 1.22 bits per heavy atom. The first-order chi connectivity index (χ1) is 15.2. The van der Waals surface area contributed by atoms with E-state index in [1.807, 2.05) is 23.8 Å². The van der Waals surface area contributed by atoms with Crippen molar-refractivity contribution >= 4 is 23.4 Å². The van der Waals surface area contributed by atoms with Gasteiger partial charge in [0.25, 0.3) is 0 Å². The second-order valence-electron chi connectivity index (χ2n) is 8.98. The molecule has 0 spiro atoms. The molecule has 0 saturated heterocycles. The number of carbonyl (C=O) groups excluding carboxylic acids is 1. The van der Waals surface area contributed by atoms with E-state index in [9.17, 15) is 18.0 Å². The van der Waals surface area contributed by atoms with Crippen LogP contribution in [0.3, 0.4) is 0 Å². The summed E-state index contributed by atoms with van der Waals surface area (Å²) in [4.78, 5) is 29.4. The summed E-state index contributed by atoms with van der Waals surface area (Å²) in [6.07, 6.45) is 1.12. The molecule has 1 atom stereocenters. The average Bonchev–Trinajstić information content (AvgIpc) is 2.74. The minimum Gasteiger partial charge on any atom is -0.351 e. The van der Waals surface area contributed by atoms with Crippen molar-refractivity contribution < 1.29 is 18.0 Å². The zero-order valence-electron chi connectivity index (χ0n) is 18.0. The topological polar surface area (TPSA) is 74.2 Å². The van der Waals surface area contributed by atoms with E-state index in [-0.39, 0.29) is 18.0 Å². The van der Waals surface area contributed by atoms with Gasteiger partial charge < -0.3 is 15.1 Å². The van der Waals surface area contributed by atoms with Crippen molar-refractivity contribution in [1.82, 2.24) is 15.0 Å². The lowest BCUT2D eigenvalue weighted by atomic mass is 9.77. The molecule has 5 rings (SSSR count). The Morgan fingerprint density at radius 2 is 2.00 bits per heavy atom. The van der Waals surface area contributed by atoms with Crippen LogP contribution >= 0.6 is 0 Å². The van der Waals surface area contributed by atoms with Crippen LogP contribution < -0.4 is 15.1 Å². The Kier molecular flexibility index (Phi) is 4.98. The van der Waals surface area contributed by atoms with E-state index in [1.54, 1.807) is 0 Å². The fraction of sp³-hybridized carbons (Fsp3) is 0.545. The summed E-state index contributed by atoms with van der Waals surface area (Å²) in [5.41, 5.74) is 1.70. The Balaban J connectivity index is 1.24. The van der Waals surface area contributed by atoms with Crippen LogP contribution in [0.5, 0.6) is 0 Å². The molecule has 1 saturated carbocycles. The quantitative estimate of drug-likeness (QED) is 0.776. The molecule has 1 fully saturated rings. The standard InChI is InChI=1S/C22H25F3N6O/c1-12-20(32)31-7-3-4-16-18(31)19(30(12)2)29-21(28-16)27-15-9-14(10-15)8-13-5-6-17(26-11-13)22(23,24)25/h5-6,11-12,14-15H,3-4,7-10H2,1-2H3,(H,27,28,29)/t12-,14-,15-/m0/s1. The summed E-state index contributed by atoms with van der Waals surface area (Å²) in [6, 6.07) is 2.52. The number of carbonyl (C=O) groups is 1. The minimum atomic E-state index is -4.41. The van der Waals surface area contributed by atoms with Gasteiger partial charge in [0.1, 0.15) is 17.4 Å². The number of halogens is 3. The SMILES string of the molecule is C[C@H]1C(=O)N2CCCc3nc(N[C@H]4C[C@H](Cc5ccc(C(F)(F)F)nc5)C4)nc(c32)N1C. The van der Waals surface area contributed by atoms with Gasteiger partial charge >= 0.3 is 6.18 Å². The van der Waals surface area contributed by atoms with Crippen LogP contribution in [-0.4, -0.2) is 46.5 Å². The second-order valence-corrected chi connectivity index (χ2v) is 8.98. The van der Waals surface area contributed by atoms with E-state index >= 15 is 0 Å². The maximum atomic E-state index is 12.7. The first-order valence-electron chi connectivity index (χ1n) is 10.9. The molecule has 0 radical (unpaired) electrons. The lowest BCUT2D eigenvalue weighted by Crippen LogP contribution is -2.53. The third-order valence-electron chi connectivity index (χ3n) is 6.75. The predicted octanol–water partition coefficient (Wildman–Crippen LogP) is 3.44. The fourth-order valence-corrected chi connectivity index (χ4v) is 4.81. The molecule has 4 heterocycles. The van der Waals surface area contributed by atoms with Crippen molar-refractivity contribution in [3.63, 3.8) is 0 Å². The Hall–Kier alpha value is -2.91. The van der Waals surface area contributed by atoms with Gasteiger partial charge in [0.2, 0.25) is 11.9 Å². The molecule has 2 aromatic rings. The molecule has 2 aromatic heterocycles. The summed E-state index contributed by atoms with van der Waals surface area (Å²) in [7, 11) is 1.89. The third kappa shape index (κ3) is 3.65. The first-order valence-corrected chi connectivity index (χ1v) is 10.9. The van der Waals surface area contributed by atoms with E-state index in [0.717, 1.165) is 54.5 Å². The lowest BCUT2D eigenvalue weighted by Gasteiger charge is -2.42. The highest BCUT2D eigenvalue weighted by Crippen LogP contribution is 2.40. The Bertz CT molecular complexity index is 1040. The number of amides is 1. The highest BCUT2D eigenvalue weighted by molar-refractivity contribution is 6.05. The highest BCUT2D eigenvalue weighted by atomic mass is 19.4. The zero-order chi connectivity index (χ0) is 22.6. The summed E-state index contributed by atoms with van der Waals surface area (Å²) < 4.78 is 38.0. The van der Waals surface area contributed by atoms with E-state index in [4.69, 9.17) is 9.97 Å². The number of hydrogen-bond donors (Lipinski definition) is 1. The van der Waals surface area contributed by atoms with Gasteiger partial charge in [0.05, 0.1) is 5.69 Å². The van der Waals surface area contributed by atoms with Crippen LogP contribution in [0, 0.1) is 5.92 Å². The van der Waals surface area contributed by atoms with Crippen molar-refractivity contribution in [2.75, 3.05) is 28.7 Å². The second kappa shape index (κ2) is 7.60. The van der Waals surface area contributed by atoms with Gasteiger partial charge in [0.15, 0.2) is 5.82 Å². The van der Waals surface area contributed by atoms with Gasteiger partial charge in [-0.2, -0.15) is 18.2 Å². The first kappa shape index (κ1) is 21.0. The van der Waals surface area contributed by atoms with Crippen molar-refractivity contribution in [3.8, 4) is 0 Å². The van der Waals surface area contributed by atoms with Crippen LogP contribution in [-0.2, 0) is 23.8 Å². The molecule has 1 amide bonds. The molecular formula is C22H25F3N6O. The Morgan fingerprint density at radius 3 is 2.69 bits per heavy atom. The van der Waals surface area contributed by atoms with Gasteiger partial charge in [-0.25, -0.2) is 4.98 Å². The van der Waals surface area contributed by atoms with Crippen molar-refractivity contribution in [3.05, 3.63) is 35.3 Å². The van der Waals surface area contributed by atoms with Crippen LogP contribution in [0.1, 0.15) is 43.1 Å². The van der Waals surface area contributed by atoms with Crippen LogP contribution in [0.4, 0.5) is 30.6 Å². The van der Waals surface area contributed by atoms with E-state index in [2.05, 4.69) is 10.3 Å². The summed E-state index contributed by atoms with van der Waals surface area (Å²) in [5, 5.41) is 3.42. The number of aromatic nitrogens is 3. The maximum Gasteiger partial charge on any atom is 0.433 e. The number of rotatable bonds is 4. The molecule has 3 aliphatic rings. The highest BCUT2D eigenvalue weighted by Gasteiger charge is 2.39. The van der Waals surface area contributed by atoms with Crippen molar-refractivity contribution in [1.29, 1.82) is 0 Å². The smallest absolute Gasteiger partial charge is 0.351 e. The minimum absolute atomic E-state index is 0.0878. The molecule has 1 aliphatic carbocycles. The summed E-state index contributed by atoms with van der Waals surface area (Å²) in [6.45, 7) is 2.59. The number of likely N-dealkylation sites (N-methyl/N-ethyl adjacent to an activating group) is 1. The number of nitrogens with one attached hydrogen (secondary N) is 1. The number of anilines is 3. The van der Waals surface area contributed by atoms with Crippen molar-refractivity contribution in [2.24, 2.45) is 5.92 Å². The molecule has 0 bridgehead atoms. The number of aryl methyl sites for hydroxylation is 1. The molecule has 10 heteroatoms. The number of nitrogens with zero attached hydrogens (tertiary/aromatic N) is 5. The van der Waals surface area contributed by atoms with Gasteiger partial charge in [-0.3, -0.25) is 9.78 Å². The summed E-state index contributed by atoms with van der Waals surface area (Å²) >= 11 is 0. The van der Waals surface area contributed by atoms with Gasteiger partial charge in [0, 0.05) is 25.8 Å². The van der Waals surface area contributed by atoms with Gasteiger partial charge in [-0.15, -0.1) is 0 Å². The Labute approximate surface area is 184 Å². The van der Waals surface area contributed by atoms with Gasteiger partial charge in [-0.05, 0) is 56.6 Å². The lowest BCUT2D eigenvalue weighted by molar-refractivity contribution is -0.141. The molecule has 7 nitrogen and oxygen atoms in total.